The van der Waals surface area contributed by atoms with E-state index in [0.29, 0.717) is 6.42 Å². The van der Waals surface area contributed by atoms with E-state index in [1.165, 1.54) is 0 Å². The summed E-state index contributed by atoms with van der Waals surface area (Å²) in [6.45, 7) is 3.80. The number of anilines is 1. The van der Waals surface area contributed by atoms with E-state index in [0.717, 1.165) is 30.0 Å². The molecule has 0 bridgehead atoms. The average molecular weight is 235 g/mol. The third-order valence-corrected chi connectivity index (χ3v) is 3.20. The first-order chi connectivity index (χ1) is 8.06. The number of rotatable bonds is 3. The lowest BCUT2D eigenvalue weighted by Gasteiger charge is -2.14. The molecule has 5 nitrogen and oxygen atoms in total. The van der Waals surface area contributed by atoms with Gasteiger partial charge in [-0.15, -0.1) is 0 Å². The van der Waals surface area contributed by atoms with Crippen molar-refractivity contribution in [2.45, 2.75) is 39.2 Å². The number of aryl methyl sites for hydroxylation is 2. The molecule has 0 amide bonds. The number of carboxylic acids is 1. The molecule has 1 saturated carbocycles. The lowest BCUT2D eigenvalue weighted by atomic mass is 10.1. The van der Waals surface area contributed by atoms with Crippen LogP contribution >= 0.6 is 0 Å². The molecule has 0 aliphatic heterocycles. The Morgan fingerprint density at radius 2 is 2.24 bits per heavy atom. The van der Waals surface area contributed by atoms with Gasteiger partial charge in [-0.3, -0.25) is 9.78 Å². The number of hydrogen-bond donors (Lipinski definition) is 2. The Hall–Kier alpha value is -1.65. The van der Waals surface area contributed by atoms with E-state index in [9.17, 15) is 4.79 Å². The summed E-state index contributed by atoms with van der Waals surface area (Å²) in [5.74, 6) is -0.132. The summed E-state index contributed by atoms with van der Waals surface area (Å²) in [4.78, 5) is 19.5. The molecule has 17 heavy (non-hydrogen) atoms. The van der Waals surface area contributed by atoms with E-state index >= 15 is 0 Å². The third kappa shape index (κ3) is 2.72. The summed E-state index contributed by atoms with van der Waals surface area (Å²) in [6, 6.07) is 0.200. The monoisotopic (exact) mass is 235 g/mol. The second kappa shape index (κ2) is 4.69. The van der Waals surface area contributed by atoms with E-state index in [1.54, 1.807) is 6.20 Å². The van der Waals surface area contributed by atoms with Gasteiger partial charge in [0.1, 0.15) is 5.82 Å². The van der Waals surface area contributed by atoms with E-state index in [-0.39, 0.29) is 12.0 Å². The van der Waals surface area contributed by atoms with Gasteiger partial charge in [-0.05, 0) is 33.1 Å². The number of aliphatic carboxylic acids is 1. The van der Waals surface area contributed by atoms with Crippen LogP contribution in [0.5, 0.6) is 0 Å². The van der Waals surface area contributed by atoms with Crippen molar-refractivity contribution in [3.8, 4) is 0 Å². The van der Waals surface area contributed by atoms with Gasteiger partial charge in [0.2, 0.25) is 0 Å². The SMILES string of the molecule is Cc1cnc(C)c(N[C@@H]2CC[C@H](C(=O)O)C2)n1. The van der Waals surface area contributed by atoms with Crippen LogP contribution in [0.2, 0.25) is 0 Å². The van der Waals surface area contributed by atoms with Gasteiger partial charge in [-0.1, -0.05) is 0 Å². The molecule has 0 radical (unpaired) electrons. The Bertz CT molecular complexity index is 434. The number of hydrogen-bond acceptors (Lipinski definition) is 4. The second-order valence-corrected chi connectivity index (χ2v) is 4.63. The molecule has 1 aromatic heterocycles. The Morgan fingerprint density at radius 1 is 1.47 bits per heavy atom. The summed E-state index contributed by atoms with van der Waals surface area (Å²) in [5, 5.41) is 12.2. The van der Waals surface area contributed by atoms with Crippen LogP contribution in [0.25, 0.3) is 0 Å². The highest BCUT2D eigenvalue weighted by atomic mass is 16.4. The molecule has 0 aromatic carbocycles. The molecule has 1 heterocycles. The zero-order valence-electron chi connectivity index (χ0n) is 10.1. The lowest BCUT2D eigenvalue weighted by molar-refractivity contribution is -0.141. The van der Waals surface area contributed by atoms with Gasteiger partial charge in [-0.25, -0.2) is 4.98 Å². The molecule has 0 saturated heterocycles. The number of carbonyl (C=O) groups is 1. The molecule has 0 spiro atoms. The van der Waals surface area contributed by atoms with Crippen molar-refractivity contribution in [3.05, 3.63) is 17.6 Å². The van der Waals surface area contributed by atoms with Gasteiger partial charge in [0.25, 0.3) is 0 Å². The molecule has 1 aromatic rings. The molecule has 2 N–H and O–H groups in total. The van der Waals surface area contributed by atoms with Crippen molar-refractivity contribution in [1.82, 2.24) is 9.97 Å². The van der Waals surface area contributed by atoms with Crippen molar-refractivity contribution >= 4 is 11.8 Å². The van der Waals surface area contributed by atoms with Crippen molar-refractivity contribution in [2.75, 3.05) is 5.32 Å². The fourth-order valence-corrected chi connectivity index (χ4v) is 2.20. The van der Waals surface area contributed by atoms with Gasteiger partial charge in [0.15, 0.2) is 0 Å². The maximum atomic E-state index is 10.9. The normalized spacial score (nSPS) is 23.6. The minimum Gasteiger partial charge on any atom is -0.481 e. The highest BCUT2D eigenvalue weighted by Gasteiger charge is 2.30. The third-order valence-electron chi connectivity index (χ3n) is 3.20. The van der Waals surface area contributed by atoms with Crippen molar-refractivity contribution in [2.24, 2.45) is 5.92 Å². The quantitative estimate of drug-likeness (QED) is 0.835. The van der Waals surface area contributed by atoms with Crippen LogP contribution in [0.4, 0.5) is 5.82 Å². The summed E-state index contributed by atoms with van der Waals surface area (Å²) in [7, 11) is 0. The first-order valence-electron chi connectivity index (χ1n) is 5.86. The number of nitrogens with zero attached hydrogens (tertiary/aromatic N) is 2. The molecular formula is C12H17N3O2. The van der Waals surface area contributed by atoms with Crippen molar-refractivity contribution < 1.29 is 9.90 Å². The molecule has 1 fully saturated rings. The number of aromatic nitrogens is 2. The smallest absolute Gasteiger partial charge is 0.306 e. The highest BCUT2D eigenvalue weighted by molar-refractivity contribution is 5.70. The second-order valence-electron chi connectivity index (χ2n) is 4.63. The Kier molecular flexibility index (Phi) is 3.26. The van der Waals surface area contributed by atoms with Crippen LogP contribution in [-0.2, 0) is 4.79 Å². The van der Waals surface area contributed by atoms with Crippen molar-refractivity contribution in [1.29, 1.82) is 0 Å². The fraction of sp³-hybridized carbons (Fsp3) is 0.583. The average Bonchev–Trinajstić information content (AvgIpc) is 2.72. The Labute approximate surface area is 100 Å². The van der Waals surface area contributed by atoms with Gasteiger partial charge in [0, 0.05) is 12.2 Å². The zero-order valence-corrected chi connectivity index (χ0v) is 10.1. The topological polar surface area (TPSA) is 75.1 Å². The van der Waals surface area contributed by atoms with Crippen LogP contribution in [0.3, 0.4) is 0 Å². The van der Waals surface area contributed by atoms with Crippen LogP contribution in [0.15, 0.2) is 6.20 Å². The summed E-state index contributed by atoms with van der Waals surface area (Å²) >= 11 is 0. The molecule has 2 rings (SSSR count). The molecular weight excluding hydrogens is 218 g/mol. The summed E-state index contributed by atoms with van der Waals surface area (Å²) < 4.78 is 0. The van der Waals surface area contributed by atoms with Gasteiger partial charge in [-0.2, -0.15) is 0 Å². The van der Waals surface area contributed by atoms with E-state index in [2.05, 4.69) is 15.3 Å². The summed E-state index contributed by atoms with van der Waals surface area (Å²) in [6.07, 6.45) is 4.02. The fourth-order valence-electron chi connectivity index (χ4n) is 2.20. The van der Waals surface area contributed by atoms with Gasteiger partial charge >= 0.3 is 5.97 Å². The van der Waals surface area contributed by atoms with Crippen LogP contribution in [0.1, 0.15) is 30.7 Å². The molecule has 0 unspecified atom stereocenters. The van der Waals surface area contributed by atoms with E-state index < -0.39 is 5.97 Å². The minimum atomic E-state index is -0.693. The molecule has 92 valence electrons. The molecule has 1 aliphatic rings. The van der Waals surface area contributed by atoms with Crippen LogP contribution in [-0.4, -0.2) is 27.1 Å². The Morgan fingerprint density at radius 3 is 2.88 bits per heavy atom. The number of carboxylic acid groups (broad SMARTS) is 1. The van der Waals surface area contributed by atoms with Crippen LogP contribution in [0, 0.1) is 19.8 Å². The standard InChI is InChI=1S/C12H17N3O2/c1-7-6-13-8(2)11(14-7)15-10-4-3-9(5-10)12(16)17/h6,9-10H,3-5H2,1-2H3,(H,14,15)(H,16,17)/t9-,10+/m0/s1. The lowest BCUT2D eigenvalue weighted by Crippen LogP contribution is -2.19. The first kappa shape index (κ1) is 11.8. The van der Waals surface area contributed by atoms with Crippen molar-refractivity contribution in [3.63, 3.8) is 0 Å². The highest BCUT2D eigenvalue weighted by Crippen LogP contribution is 2.28. The minimum absolute atomic E-state index is 0.200. The van der Waals surface area contributed by atoms with E-state index in [4.69, 9.17) is 5.11 Å². The largest absolute Gasteiger partial charge is 0.481 e. The van der Waals surface area contributed by atoms with Gasteiger partial charge in [0.05, 0.1) is 17.3 Å². The molecule has 1 aliphatic carbocycles. The Balaban J connectivity index is 2.02. The van der Waals surface area contributed by atoms with Crippen LogP contribution < -0.4 is 5.32 Å². The molecule has 5 heteroatoms. The predicted octanol–water partition coefficient (Wildman–Crippen LogP) is 1.76. The zero-order chi connectivity index (χ0) is 12.4. The maximum absolute atomic E-state index is 10.9. The number of nitrogens with one attached hydrogen (secondary N) is 1. The van der Waals surface area contributed by atoms with Gasteiger partial charge < -0.3 is 10.4 Å². The summed E-state index contributed by atoms with van der Waals surface area (Å²) in [5.41, 5.74) is 1.72. The van der Waals surface area contributed by atoms with E-state index in [1.807, 2.05) is 13.8 Å². The first-order valence-corrected chi connectivity index (χ1v) is 5.86. The molecule has 2 atom stereocenters. The maximum Gasteiger partial charge on any atom is 0.306 e. The predicted molar refractivity (Wildman–Crippen MR) is 63.9 cm³/mol.